The summed E-state index contributed by atoms with van der Waals surface area (Å²) in [5.41, 5.74) is 8.65. The van der Waals surface area contributed by atoms with Gasteiger partial charge in [0, 0.05) is 22.6 Å². The quantitative estimate of drug-likeness (QED) is 0.182. The Bertz CT molecular complexity index is 3270. The summed E-state index contributed by atoms with van der Waals surface area (Å²) >= 11 is 0. The van der Waals surface area contributed by atoms with Gasteiger partial charge in [-0.1, -0.05) is 158 Å². The molecule has 0 spiro atoms. The molecule has 1 heterocycles. The van der Waals surface area contributed by atoms with Crippen molar-refractivity contribution in [1.29, 1.82) is 0 Å². The van der Waals surface area contributed by atoms with Gasteiger partial charge in [-0.15, -0.1) is 0 Å². The van der Waals surface area contributed by atoms with Crippen molar-refractivity contribution >= 4 is 53.2 Å². The van der Waals surface area contributed by atoms with Crippen LogP contribution in [0.15, 0.2) is 164 Å². The van der Waals surface area contributed by atoms with Gasteiger partial charge in [-0.25, -0.2) is 4.57 Å². The second kappa shape index (κ2) is 13.4. The van der Waals surface area contributed by atoms with E-state index in [1.807, 2.05) is 12.1 Å². The highest BCUT2D eigenvalue weighted by Gasteiger charge is 2.43. The lowest BCUT2D eigenvalue weighted by Gasteiger charge is -2.30. The zero-order chi connectivity index (χ0) is 38.1. The average Bonchev–Trinajstić information content (AvgIpc) is 3.39. The summed E-state index contributed by atoms with van der Waals surface area (Å²) in [6.45, 7) is 0. The molecule has 3 atom stereocenters. The topological polar surface area (TPSA) is 55.8 Å². The van der Waals surface area contributed by atoms with Gasteiger partial charge in [0.1, 0.15) is 11.9 Å². The highest BCUT2D eigenvalue weighted by molar-refractivity contribution is 7.48. The third-order valence-corrected chi connectivity index (χ3v) is 12.7. The molecule has 8 aromatic rings. The lowest BCUT2D eigenvalue weighted by Crippen LogP contribution is -2.42. The first-order valence-electron chi connectivity index (χ1n) is 19.5. The SMILES string of the molecule is O=P1(O)Oc2c(-c3cccc(-c4ccc5ccccc5c4)c3)cc3c(c2C2=c4ccccc4=CC(c4cccc(-c5ccc6ccccc6c5)c4)C2O1)=CCCC=3. The van der Waals surface area contributed by atoms with Gasteiger partial charge in [0.2, 0.25) is 0 Å². The molecular formula is C52H37O4P. The van der Waals surface area contributed by atoms with E-state index in [0.29, 0.717) is 5.75 Å². The highest BCUT2D eigenvalue weighted by Crippen LogP contribution is 2.56. The zero-order valence-corrected chi connectivity index (χ0v) is 31.9. The van der Waals surface area contributed by atoms with Crippen molar-refractivity contribution in [3.05, 3.63) is 196 Å². The van der Waals surface area contributed by atoms with E-state index < -0.39 is 13.9 Å². The van der Waals surface area contributed by atoms with Crippen molar-refractivity contribution in [2.24, 2.45) is 0 Å². The Hall–Kier alpha value is -6.29. The molecule has 4 nitrogen and oxygen atoms in total. The summed E-state index contributed by atoms with van der Waals surface area (Å²) in [6.07, 6.45) is 7.68. The maximum absolute atomic E-state index is 14.4. The van der Waals surface area contributed by atoms with Crippen LogP contribution in [-0.2, 0) is 9.09 Å². The van der Waals surface area contributed by atoms with E-state index in [1.165, 1.54) is 21.5 Å². The summed E-state index contributed by atoms with van der Waals surface area (Å²) < 4.78 is 27.2. The van der Waals surface area contributed by atoms with Gasteiger partial charge in [-0.05, 0) is 113 Å². The largest absolute Gasteiger partial charge is 0.528 e. The highest BCUT2D eigenvalue weighted by atomic mass is 31.2. The Kier molecular flexibility index (Phi) is 8.01. The minimum absolute atomic E-state index is 0.375. The predicted molar refractivity (Wildman–Crippen MR) is 232 cm³/mol. The number of hydrogen-bond acceptors (Lipinski definition) is 3. The molecule has 3 aliphatic rings. The van der Waals surface area contributed by atoms with Crippen LogP contribution in [0, 0.1) is 0 Å². The van der Waals surface area contributed by atoms with E-state index in [4.69, 9.17) is 9.05 Å². The van der Waals surface area contributed by atoms with Gasteiger partial charge in [-0.3, -0.25) is 9.42 Å². The molecule has 1 aliphatic heterocycles. The van der Waals surface area contributed by atoms with E-state index in [0.717, 1.165) is 83.8 Å². The molecule has 0 saturated carbocycles. The molecule has 5 heteroatoms. The maximum Gasteiger partial charge on any atom is 0.528 e. The van der Waals surface area contributed by atoms with Crippen molar-refractivity contribution < 1.29 is 18.5 Å². The molecule has 3 unspecified atom stereocenters. The number of fused-ring (bicyclic) bond motifs is 8. The van der Waals surface area contributed by atoms with Gasteiger partial charge < -0.3 is 4.52 Å². The Morgan fingerprint density at radius 3 is 1.91 bits per heavy atom. The standard InChI is InChI=1S/C52H37O4P/c53-57(54)55-51-47(41-19-9-17-37(29-41)39-25-23-33-11-1-3-13-35(33)27-39)31-43-15-5-7-21-45(43)49(51)50-46-22-8-6-16-44(46)32-48(52(50)56-57)42-20-10-18-38(30-42)40-26-24-34-12-2-4-14-36(34)28-40/h1-5,7,9-32,47,51H,6,8H2,(H,53,54). The third-order valence-electron chi connectivity index (χ3n) is 11.8. The lowest BCUT2D eigenvalue weighted by molar-refractivity contribution is 0.170. The van der Waals surface area contributed by atoms with E-state index in [2.05, 4.69) is 170 Å². The number of rotatable bonds is 4. The van der Waals surface area contributed by atoms with Crippen molar-refractivity contribution in [3.63, 3.8) is 0 Å². The minimum atomic E-state index is -4.66. The molecule has 1 N–H and O–H groups in total. The molecule has 0 radical (unpaired) electrons. The fourth-order valence-electron chi connectivity index (χ4n) is 9.11. The first kappa shape index (κ1) is 34.0. The monoisotopic (exact) mass is 756 g/mol. The van der Waals surface area contributed by atoms with Gasteiger partial charge in [0.15, 0.2) is 0 Å². The Morgan fingerprint density at radius 1 is 0.544 bits per heavy atom. The number of benzene rings is 8. The fraction of sp³-hybridized carbons (Fsp3) is 0.0769. The smallest absolute Gasteiger partial charge is 0.403 e. The van der Waals surface area contributed by atoms with Crippen LogP contribution in [0.1, 0.15) is 29.9 Å². The molecule has 0 bridgehead atoms. The molecule has 8 aromatic carbocycles. The van der Waals surface area contributed by atoms with Crippen LogP contribution >= 0.6 is 7.82 Å². The van der Waals surface area contributed by atoms with Crippen LogP contribution in [-0.4, -0.2) is 11.0 Å². The van der Waals surface area contributed by atoms with Gasteiger partial charge in [0.25, 0.3) is 0 Å². The first-order chi connectivity index (χ1) is 28.0. The second-order valence-corrected chi connectivity index (χ2v) is 16.6. The molecule has 0 amide bonds. The van der Waals surface area contributed by atoms with Gasteiger partial charge in [-0.2, -0.15) is 0 Å². The maximum atomic E-state index is 14.4. The molecule has 11 rings (SSSR count). The molecule has 57 heavy (non-hydrogen) atoms. The van der Waals surface area contributed by atoms with Crippen LogP contribution in [0.3, 0.4) is 0 Å². The normalized spacial score (nSPS) is 19.4. The van der Waals surface area contributed by atoms with Gasteiger partial charge >= 0.3 is 7.82 Å². The molecule has 0 fully saturated rings. The second-order valence-electron chi connectivity index (χ2n) is 15.2. The van der Waals surface area contributed by atoms with Crippen LogP contribution in [0.4, 0.5) is 0 Å². The summed E-state index contributed by atoms with van der Waals surface area (Å²) in [5.74, 6) is -0.00639. The summed E-state index contributed by atoms with van der Waals surface area (Å²) in [6, 6.07) is 57.1. The molecular weight excluding hydrogens is 720 g/mol. The molecule has 2 aliphatic carbocycles. The van der Waals surface area contributed by atoms with E-state index in [1.54, 1.807) is 0 Å². The number of phosphoric acid groups is 1. The zero-order valence-electron chi connectivity index (χ0n) is 31.0. The fourth-order valence-corrected chi connectivity index (χ4v) is 10.1. The Labute approximate surface area is 330 Å². The van der Waals surface area contributed by atoms with Crippen molar-refractivity contribution in [2.45, 2.75) is 24.9 Å². The predicted octanol–water partition coefficient (Wildman–Crippen LogP) is 10.0. The summed E-state index contributed by atoms with van der Waals surface area (Å²) in [7, 11) is -4.66. The van der Waals surface area contributed by atoms with E-state index in [9.17, 15) is 9.46 Å². The van der Waals surface area contributed by atoms with Crippen LogP contribution in [0.2, 0.25) is 0 Å². The van der Waals surface area contributed by atoms with Crippen molar-refractivity contribution in [1.82, 2.24) is 0 Å². The Morgan fingerprint density at radius 2 is 1.16 bits per heavy atom. The van der Waals surface area contributed by atoms with Crippen LogP contribution < -0.4 is 25.4 Å². The van der Waals surface area contributed by atoms with E-state index >= 15 is 0 Å². The summed E-state index contributed by atoms with van der Waals surface area (Å²) in [5, 5.41) is 8.83. The number of phosphoric ester groups is 1. The number of hydrogen-bond donors (Lipinski definition) is 1. The third kappa shape index (κ3) is 5.97. The average molecular weight is 757 g/mol. The minimum Gasteiger partial charge on any atom is -0.403 e. The van der Waals surface area contributed by atoms with Gasteiger partial charge in [0.05, 0.1) is 0 Å². The molecule has 0 aromatic heterocycles. The summed E-state index contributed by atoms with van der Waals surface area (Å²) in [4.78, 5) is 11.8. The Balaban J connectivity index is 1.12. The van der Waals surface area contributed by atoms with Crippen LogP contribution in [0.5, 0.6) is 5.75 Å². The molecule has 0 saturated heterocycles. The van der Waals surface area contributed by atoms with E-state index in [-0.39, 0.29) is 5.92 Å². The lowest BCUT2D eigenvalue weighted by atomic mass is 9.78. The molecule has 274 valence electrons. The first-order valence-corrected chi connectivity index (χ1v) is 21.0. The van der Waals surface area contributed by atoms with Crippen LogP contribution in [0.25, 0.3) is 78.7 Å². The van der Waals surface area contributed by atoms with Crippen molar-refractivity contribution in [2.75, 3.05) is 0 Å². The van der Waals surface area contributed by atoms with Crippen molar-refractivity contribution in [3.8, 4) is 39.1 Å².